The van der Waals surface area contributed by atoms with Crippen LogP contribution in [-0.2, 0) is 52.5 Å². The van der Waals surface area contributed by atoms with Crippen LogP contribution in [0.4, 0.5) is 0 Å². The van der Waals surface area contributed by atoms with Gasteiger partial charge in [0.1, 0.15) is 0 Å². The number of carbonyl (C=O) groups excluding carboxylic acids is 7. The van der Waals surface area contributed by atoms with Gasteiger partial charge in [0.05, 0.1) is 47.7 Å². The topological polar surface area (TPSA) is 196 Å². The number of hydrogen-bond donors (Lipinski definition) is 3. The highest BCUT2D eigenvalue weighted by Gasteiger charge is 2.14. The summed E-state index contributed by atoms with van der Waals surface area (Å²) in [4.78, 5) is 78.8. The summed E-state index contributed by atoms with van der Waals surface area (Å²) in [6.45, 7) is 24.9. The van der Waals surface area contributed by atoms with Gasteiger partial charge in [-0.1, -0.05) is 38.5 Å². The van der Waals surface area contributed by atoms with Gasteiger partial charge in [0.2, 0.25) is 17.7 Å². The summed E-state index contributed by atoms with van der Waals surface area (Å²) in [5.41, 5.74) is 2.26. The second-order valence-corrected chi connectivity index (χ2v) is 9.48. The number of esters is 3. The fourth-order valence-corrected chi connectivity index (χ4v) is 3.15. The number of carbonyl (C=O) groups is 7. The van der Waals surface area contributed by atoms with Crippen LogP contribution in [0.3, 0.4) is 0 Å². The van der Waals surface area contributed by atoms with Crippen LogP contribution in [0.25, 0.3) is 0 Å². The van der Waals surface area contributed by atoms with Crippen molar-refractivity contribution in [1.82, 2.24) is 20.9 Å². The number of nitrogens with one attached hydrogen (secondary N) is 3. The third-order valence-electron chi connectivity index (χ3n) is 5.45. The molecule has 0 saturated heterocycles. The molecule has 0 unspecified atom stereocenters. The lowest BCUT2D eigenvalue weighted by Gasteiger charge is -2.25. The zero-order chi connectivity index (χ0) is 36.9. The molecular formula is C32H50N4O11. The zero-order valence-electron chi connectivity index (χ0n) is 28.4. The van der Waals surface area contributed by atoms with Crippen molar-refractivity contribution >= 4 is 42.1 Å². The van der Waals surface area contributed by atoms with Crippen molar-refractivity contribution in [2.45, 2.75) is 39.5 Å². The summed E-state index contributed by atoms with van der Waals surface area (Å²) < 4.78 is 17.2. The molecule has 15 nitrogen and oxygen atoms in total. The summed E-state index contributed by atoms with van der Waals surface area (Å²) in [7, 11) is 4.97. The van der Waals surface area contributed by atoms with Gasteiger partial charge < -0.3 is 39.8 Å². The van der Waals surface area contributed by atoms with Crippen LogP contribution in [0, 0.1) is 0 Å². The van der Waals surface area contributed by atoms with Crippen molar-refractivity contribution in [2.75, 3.05) is 61.2 Å². The molecule has 0 aliphatic rings. The lowest BCUT2D eigenvalue weighted by atomic mass is 10.2. The van der Waals surface area contributed by atoms with Crippen molar-refractivity contribution in [1.29, 1.82) is 0 Å². The van der Waals surface area contributed by atoms with E-state index < -0.39 is 29.7 Å². The number of allylic oxidation sites excluding steroid dienone is 1. The third-order valence-corrected chi connectivity index (χ3v) is 5.45. The maximum Gasteiger partial charge on any atom is 0.333 e. The molecule has 0 aliphatic heterocycles. The van der Waals surface area contributed by atoms with Gasteiger partial charge in [-0.25, -0.2) is 14.4 Å². The summed E-state index contributed by atoms with van der Waals surface area (Å²) >= 11 is 0. The van der Waals surface area contributed by atoms with Gasteiger partial charge in [0.25, 0.3) is 6.47 Å². The molecule has 0 fully saturated rings. The van der Waals surface area contributed by atoms with E-state index in [0.29, 0.717) is 19.6 Å². The quantitative estimate of drug-likeness (QED) is 0.0421. The average Bonchev–Trinajstić information content (AvgIpc) is 3.03. The predicted octanol–water partition coefficient (Wildman–Crippen LogP) is 1.27. The van der Waals surface area contributed by atoms with E-state index in [0.717, 1.165) is 24.2 Å². The molecule has 0 saturated carbocycles. The van der Waals surface area contributed by atoms with Crippen LogP contribution >= 0.6 is 0 Å². The normalized spacial score (nSPS) is 9.15. The summed E-state index contributed by atoms with van der Waals surface area (Å²) in [6.07, 6.45) is 0.339. The highest BCUT2D eigenvalue weighted by atomic mass is 16.5. The number of hydrogen-bond acceptors (Lipinski definition) is 12. The Morgan fingerprint density at radius 1 is 0.617 bits per heavy atom. The first-order valence-electron chi connectivity index (χ1n) is 14.2. The molecule has 15 heteroatoms. The predicted molar refractivity (Wildman–Crippen MR) is 175 cm³/mol. The largest absolute Gasteiger partial charge is 0.471 e. The standard InChI is InChI=1S/C16H26N2O3.C14H20N2O6.C2H4O2/c1-7-18(14(5)10-12(2)3)9-8-17-15(19)11-13(4)16(20)21-6;1-9(13(19)21-3)7-11(17)15-5-6-16-12(18)8-10(2)14(20)22-4;1-4-2-3/h2,4-5,7-11H2,1,3,6H3,(H,17,19);1-2,5-8H2,3-4H3,(H,15,17)(H,16,18);2H,1H3. The highest BCUT2D eigenvalue weighted by molar-refractivity contribution is 5.95. The zero-order valence-corrected chi connectivity index (χ0v) is 28.4. The summed E-state index contributed by atoms with van der Waals surface area (Å²) in [6, 6.07) is 0. The third kappa shape index (κ3) is 25.8. The van der Waals surface area contributed by atoms with E-state index in [9.17, 15) is 28.8 Å². The first kappa shape index (κ1) is 46.2. The lowest BCUT2D eigenvalue weighted by Crippen LogP contribution is -2.35. The molecule has 0 spiro atoms. The molecule has 47 heavy (non-hydrogen) atoms. The van der Waals surface area contributed by atoms with Gasteiger partial charge >= 0.3 is 17.9 Å². The minimum Gasteiger partial charge on any atom is -0.471 e. The Kier molecular flexibility index (Phi) is 27.8. The number of nitrogens with zero attached hydrogens (tertiary/aromatic N) is 1. The van der Waals surface area contributed by atoms with E-state index in [1.54, 1.807) is 0 Å². The van der Waals surface area contributed by atoms with E-state index in [2.05, 4.69) is 72.7 Å². The molecule has 3 N–H and O–H groups in total. The Morgan fingerprint density at radius 3 is 1.19 bits per heavy atom. The number of ether oxygens (including phenoxy) is 4. The lowest BCUT2D eigenvalue weighted by molar-refractivity contribution is -0.137. The molecule has 264 valence electrons. The summed E-state index contributed by atoms with van der Waals surface area (Å²) in [5.74, 6) is -2.93. The van der Waals surface area contributed by atoms with E-state index >= 15 is 0 Å². The molecule has 0 aliphatic carbocycles. The maximum atomic E-state index is 11.7. The van der Waals surface area contributed by atoms with E-state index in [-0.39, 0.29) is 55.0 Å². The Morgan fingerprint density at radius 2 is 0.936 bits per heavy atom. The maximum absolute atomic E-state index is 11.7. The van der Waals surface area contributed by atoms with E-state index in [1.807, 2.05) is 13.8 Å². The van der Waals surface area contributed by atoms with E-state index in [4.69, 9.17) is 4.79 Å². The number of likely N-dealkylation sites (N-methyl/N-ethyl adjacent to an activating group) is 1. The Bertz CT molecular complexity index is 1100. The van der Waals surface area contributed by atoms with Crippen LogP contribution in [0.5, 0.6) is 0 Å². The minimum atomic E-state index is -0.648. The van der Waals surface area contributed by atoms with Crippen LogP contribution < -0.4 is 16.0 Å². The Hall–Kier alpha value is -5.21. The SMILES string of the molecule is C=C(C)CC(=C)N(CC)CCNC(=O)CC(=C)C(=O)OC.C=C(CC(=O)NCCNC(=O)CC(=C)C(=O)OC)C(=O)OC.COC=O. The van der Waals surface area contributed by atoms with Crippen molar-refractivity contribution in [2.24, 2.45) is 0 Å². The number of amides is 3. The smallest absolute Gasteiger partial charge is 0.333 e. The molecular weight excluding hydrogens is 616 g/mol. The molecule has 0 radical (unpaired) electrons. The molecule has 0 atom stereocenters. The fourth-order valence-electron chi connectivity index (χ4n) is 3.15. The number of methoxy groups -OCH3 is 4. The second-order valence-electron chi connectivity index (χ2n) is 9.48. The van der Waals surface area contributed by atoms with Gasteiger partial charge in [0.15, 0.2) is 0 Å². The first-order valence-corrected chi connectivity index (χ1v) is 14.2. The molecule has 0 aromatic heterocycles. The monoisotopic (exact) mass is 666 g/mol. The molecule has 0 bridgehead atoms. The van der Waals surface area contributed by atoms with Gasteiger partial charge in [-0.15, -0.1) is 0 Å². The average molecular weight is 667 g/mol. The molecule has 0 rings (SSSR count). The van der Waals surface area contributed by atoms with Crippen LogP contribution in [0.15, 0.2) is 60.9 Å². The molecule has 3 amide bonds. The molecule has 0 aromatic carbocycles. The second kappa shape index (κ2) is 28.3. The van der Waals surface area contributed by atoms with Gasteiger partial charge in [0, 0.05) is 61.6 Å². The van der Waals surface area contributed by atoms with Crippen LogP contribution in [0.1, 0.15) is 39.5 Å². The van der Waals surface area contributed by atoms with Gasteiger partial charge in [-0.3, -0.25) is 19.2 Å². The van der Waals surface area contributed by atoms with Crippen molar-refractivity contribution < 1.29 is 52.5 Å². The first-order chi connectivity index (χ1) is 22.0. The van der Waals surface area contributed by atoms with Crippen LogP contribution in [-0.4, -0.2) is 108 Å². The minimum absolute atomic E-state index is 0.0402. The fraction of sp³-hybridized carbons (Fsp3) is 0.469. The molecule has 0 aromatic rings. The van der Waals surface area contributed by atoms with Crippen molar-refractivity contribution in [3.8, 4) is 0 Å². The van der Waals surface area contributed by atoms with Crippen molar-refractivity contribution in [3.63, 3.8) is 0 Å². The highest BCUT2D eigenvalue weighted by Crippen LogP contribution is 2.11. The molecule has 0 heterocycles. The Balaban J connectivity index is -0.000000739. The number of rotatable bonds is 20. The van der Waals surface area contributed by atoms with Crippen molar-refractivity contribution in [3.05, 3.63) is 60.9 Å². The van der Waals surface area contributed by atoms with Gasteiger partial charge in [-0.2, -0.15) is 0 Å². The van der Waals surface area contributed by atoms with Gasteiger partial charge in [-0.05, 0) is 13.8 Å². The summed E-state index contributed by atoms with van der Waals surface area (Å²) in [5, 5.41) is 7.75. The Labute approximate surface area is 277 Å². The van der Waals surface area contributed by atoms with E-state index in [1.165, 1.54) is 28.4 Å². The van der Waals surface area contributed by atoms with Crippen LogP contribution in [0.2, 0.25) is 0 Å².